The number of hydrogen-bond acceptors (Lipinski definition) is 5. The van der Waals surface area contributed by atoms with Crippen molar-refractivity contribution in [1.29, 1.82) is 0 Å². The van der Waals surface area contributed by atoms with Gasteiger partial charge >= 0.3 is 0 Å². The zero-order valence-corrected chi connectivity index (χ0v) is 17.0. The second kappa shape index (κ2) is 7.05. The third-order valence-electron chi connectivity index (χ3n) is 4.88. The Bertz CT molecular complexity index is 1060. The summed E-state index contributed by atoms with van der Waals surface area (Å²) in [5.41, 5.74) is 2.52. The first-order chi connectivity index (χ1) is 13.4. The van der Waals surface area contributed by atoms with E-state index >= 15 is 0 Å². The van der Waals surface area contributed by atoms with E-state index in [1.54, 1.807) is 0 Å². The normalized spacial score (nSPS) is 15.5. The molecule has 0 aliphatic heterocycles. The van der Waals surface area contributed by atoms with Crippen LogP contribution in [-0.4, -0.2) is 28.3 Å². The molecule has 0 saturated carbocycles. The Kier molecular flexibility index (Phi) is 4.71. The number of Topliss-reactive ketones (excluding diaryl/α,β-unsaturated/α-hetero) is 1. The molecule has 1 aliphatic carbocycles. The van der Waals surface area contributed by atoms with Gasteiger partial charge in [0.1, 0.15) is 5.75 Å². The summed E-state index contributed by atoms with van der Waals surface area (Å²) in [4.78, 5) is 33.4. The molecule has 0 saturated heterocycles. The van der Waals surface area contributed by atoms with Crippen molar-refractivity contribution in [2.45, 2.75) is 40.0 Å². The van der Waals surface area contributed by atoms with Gasteiger partial charge in [-0.1, -0.05) is 31.3 Å². The molecule has 146 valence electrons. The van der Waals surface area contributed by atoms with Gasteiger partial charge in [0.05, 0.1) is 23.6 Å². The third-order valence-corrected chi connectivity index (χ3v) is 5.94. The van der Waals surface area contributed by atoms with Crippen LogP contribution < -0.4 is 10.1 Å². The van der Waals surface area contributed by atoms with Gasteiger partial charge in [-0.25, -0.2) is 4.98 Å². The number of carbonyl (C=O) groups excluding carboxylic acids is 2. The number of carbonyl (C=O) groups is 2. The van der Waals surface area contributed by atoms with Gasteiger partial charge in [-0.15, -0.1) is 0 Å². The highest BCUT2D eigenvalue weighted by Crippen LogP contribution is 2.38. The zero-order chi connectivity index (χ0) is 19.9. The number of anilines is 1. The lowest BCUT2D eigenvalue weighted by molar-refractivity contribution is -0.115. The van der Waals surface area contributed by atoms with Crippen LogP contribution in [0.1, 0.15) is 48.1 Å². The molecule has 2 heterocycles. The lowest BCUT2D eigenvalue weighted by Crippen LogP contribution is -2.26. The van der Waals surface area contributed by atoms with Gasteiger partial charge in [0.15, 0.2) is 10.9 Å². The molecule has 1 aliphatic rings. The SMILES string of the molecule is CCOc1cccc2[nH]cc(CC(=O)Nc3nc4c(s3)C(=O)CC(C)(C)C4)c12. The summed E-state index contributed by atoms with van der Waals surface area (Å²) in [5, 5.41) is 4.28. The summed E-state index contributed by atoms with van der Waals surface area (Å²) in [6.45, 7) is 6.63. The minimum Gasteiger partial charge on any atom is -0.493 e. The first-order valence-electron chi connectivity index (χ1n) is 9.41. The molecule has 1 aromatic carbocycles. The topological polar surface area (TPSA) is 84.1 Å². The molecule has 0 atom stereocenters. The van der Waals surface area contributed by atoms with Gasteiger partial charge in [-0.05, 0) is 36.5 Å². The molecule has 3 aromatic rings. The van der Waals surface area contributed by atoms with Crippen LogP contribution in [0.5, 0.6) is 5.75 Å². The van der Waals surface area contributed by atoms with Crippen molar-refractivity contribution < 1.29 is 14.3 Å². The summed E-state index contributed by atoms with van der Waals surface area (Å²) in [5.74, 6) is 0.717. The number of fused-ring (bicyclic) bond motifs is 2. The predicted octanol–water partition coefficient (Wildman–Crippen LogP) is 4.36. The van der Waals surface area contributed by atoms with E-state index in [0.717, 1.165) is 34.3 Å². The summed E-state index contributed by atoms with van der Waals surface area (Å²) in [6.07, 6.45) is 3.31. The molecule has 0 unspecified atom stereocenters. The Morgan fingerprint density at radius 2 is 2.18 bits per heavy atom. The van der Waals surface area contributed by atoms with Gasteiger partial charge < -0.3 is 15.0 Å². The van der Waals surface area contributed by atoms with Crippen molar-refractivity contribution in [2.24, 2.45) is 5.41 Å². The number of thiazole rings is 1. The first-order valence-corrected chi connectivity index (χ1v) is 10.2. The van der Waals surface area contributed by atoms with Crippen LogP contribution in [0, 0.1) is 5.41 Å². The number of hydrogen-bond donors (Lipinski definition) is 2. The van der Waals surface area contributed by atoms with Crippen LogP contribution >= 0.6 is 11.3 Å². The van der Waals surface area contributed by atoms with E-state index in [1.165, 1.54) is 11.3 Å². The van der Waals surface area contributed by atoms with Crippen molar-refractivity contribution >= 4 is 39.1 Å². The smallest absolute Gasteiger partial charge is 0.230 e. The standard InChI is InChI=1S/C21H23N3O3S/c1-4-27-16-7-5-6-13-18(16)12(11-22-13)8-17(26)24-20-23-14-9-21(2,3)10-15(25)19(14)28-20/h5-7,11,22H,4,8-10H2,1-3H3,(H,23,24,26). The van der Waals surface area contributed by atoms with Crippen LogP contribution in [-0.2, 0) is 17.6 Å². The Morgan fingerprint density at radius 3 is 2.96 bits per heavy atom. The fourth-order valence-electron chi connectivity index (χ4n) is 3.74. The number of H-pyrrole nitrogens is 1. The van der Waals surface area contributed by atoms with E-state index < -0.39 is 0 Å². The van der Waals surface area contributed by atoms with Crippen LogP contribution in [0.3, 0.4) is 0 Å². The van der Waals surface area contributed by atoms with Crippen molar-refractivity contribution in [3.8, 4) is 5.75 Å². The van der Waals surface area contributed by atoms with Gasteiger partial charge in [-0.2, -0.15) is 0 Å². The summed E-state index contributed by atoms with van der Waals surface area (Å²) >= 11 is 1.27. The van der Waals surface area contributed by atoms with Crippen LogP contribution in [0.15, 0.2) is 24.4 Å². The second-order valence-electron chi connectivity index (χ2n) is 7.89. The molecule has 0 radical (unpaired) electrons. The summed E-state index contributed by atoms with van der Waals surface area (Å²) < 4.78 is 5.70. The molecule has 7 heteroatoms. The van der Waals surface area contributed by atoms with Crippen LogP contribution in [0.2, 0.25) is 0 Å². The molecule has 2 N–H and O–H groups in total. The average molecular weight is 398 g/mol. The van der Waals surface area contributed by atoms with Crippen molar-refractivity contribution in [3.05, 3.63) is 40.5 Å². The lowest BCUT2D eigenvalue weighted by atomic mass is 9.78. The minimum absolute atomic E-state index is 0.0842. The lowest BCUT2D eigenvalue weighted by Gasteiger charge is -2.26. The number of nitrogens with one attached hydrogen (secondary N) is 2. The van der Waals surface area contributed by atoms with E-state index in [0.29, 0.717) is 23.0 Å². The van der Waals surface area contributed by atoms with Crippen molar-refractivity contribution in [1.82, 2.24) is 9.97 Å². The third kappa shape index (κ3) is 3.54. The maximum atomic E-state index is 12.6. The summed E-state index contributed by atoms with van der Waals surface area (Å²) in [7, 11) is 0. The Balaban J connectivity index is 1.53. The zero-order valence-electron chi connectivity index (χ0n) is 16.2. The monoisotopic (exact) mass is 397 g/mol. The average Bonchev–Trinajstić information content (AvgIpc) is 3.19. The van der Waals surface area contributed by atoms with E-state index in [-0.39, 0.29) is 23.5 Å². The minimum atomic E-state index is -0.162. The number of ether oxygens (including phenoxy) is 1. The molecule has 6 nitrogen and oxygen atoms in total. The number of ketones is 1. The van der Waals surface area contributed by atoms with E-state index in [4.69, 9.17) is 4.74 Å². The highest BCUT2D eigenvalue weighted by atomic mass is 32.1. The predicted molar refractivity (Wildman–Crippen MR) is 110 cm³/mol. The number of aromatic amines is 1. The molecule has 28 heavy (non-hydrogen) atoms. The first kappa shape index (κ1) is 18.7. The van der Waals surface area contributed by atoms with E-state index in [1.807, 2.05) is 31.3 Å². The molecular formula is C21H23N3O3S. The number of aromatic nitrogens is 2. The Morgan fingerprint density at radius 1 is 1.36 bits per heavy atom. The quantitative estimate of drug-likeness (QED) is 0.670. The Hall–Kier alpha value is -2.67. The molecule has 0 fully saturated rings. The Labute approximate surface area is 167 Å². The van der Waals surface area contributed by atoms with Crippen LogP contribution in [0.4, 0.5) is 5.13 Å². The van der Waals surface area contributed by atoms with Crippen molar-refractivity contribution in [3.63, 3.8) is 0 Å². The van der Waals surface area contributed by atoms with Gasteiger partial charge in [0.25, 0.3) is 0 Å². The molecule has 0 spiro atoms. The fraction of sp³-hybridized carbons (Fsp3) is 0.381. The molecule has 0 bridgehead atoms. The van der Waals surface area contributed by atoms with E-state index in [2.05, 4.69) is 29.1 Å². The fourth-order valence-corrected chi connectivity index (χ4v) is 4.68. The maximum Gasteiger partial charge on any atom is 0.230 e. The molecular weight excluding hydrogens is 374 g/mol. The highest BCUT2D eigenvalue weighted by Gasteiger charge is 2.34. The number of amides is 1. The molecule has 1 amide bonds. The molecule has 2 aromatic heterocycles. The highest BCUT2D eigenvalue weighted by molar-refractivity contribution is 7.17. The number of rotatable bonds is 5. The number of benzene rings is 1. The van der Waals surface area contributed by atoms with Gasteiger partial charge in [-0.3, -0.25) is 9.59 Å². The van der Waals surface area contributed by atoms with Crippen molar-refractivity contribution in [2.75, 3.05) is 11.9 Å². The van der Waals surface area contributed by atoms with E-state index in [9.17, 15) is 9.59 Å². The molecule has 4 rings (SSSR count). The maximum absolute atomic E-state index is 12.6. The summed E-state index contributed by atoms with van der Waals surface area (Å²) in [6, 6.07) is 5.79. The number of nitrogens with zero attached hydrogens (tertiary/aromatic N) is 1. The van der Waals surface area contributed by atoms with Gasteiger partial charge in [0.2, 0.25) is 5.91 Å². The van der Waals surface area contributed by atoms with Crippen LogP contribution in [0.25, 0.3) is 10.9 Å². The largest absolute Gasteiger partial charge is 0.493 e. The second-order valence-corrected chi connectivity index (χ2v) is 8.89. The van der Waals surface area contributed by atoms with Gasteiger partial charge in [0, 0.05) is 23.5 Å².